The largest absolute Gasteiger partial charge is 0.490 e. The second-order valence-electron chi connectivity index (χ2n) is 4.29. The van der Waals surface area contributed by atoms with Crippen LogP contribution in [0.2, 0.25) is 0 Å². The van der Waals surface area contributed by atoms with Gasteiger partial charge in [-0.1, -0.05) is 32.0 Å². The fourth-order valence-electron chi connectivity index (χ4n) is 2.21. The van der Waals surface area contributed by atoms with Gasteiger partial charge in [0.25, 0.3) is 0 Å². The van der Waals surface area contributed by atoms with Crippen molar-refractivity contribution in [2.24, 2.45) is 0 Å². The quantitative estimate of drug-likeness (QED) is 0.850. The molecule has 3 nitrogen and oxygen atoms in total. The molecule has 3 heteroatoms. The molecule has 0 saturated heterocycles. The number of rotatable bonds is 5. The van der Waals surface area contributed by atoms with Gasteiger partial charge in [0, 0.05) is 12.2 Å². The molecule has 0 bridgehead atoms. The van der Waals surface area contributed by atoms with Crippen LogP contribution in [0.3, 0.4) is 0 Å². The SMILES string of the molecule is CCCOC1COc2ccccc2C1NCC. The van der Waals surface area contributed by atoms with Gasteiger partial charge in [0.2, 0.25) is 0 Å². The molecular weight excluding hydrogens is 214 g/mol. The number of benzene rings is 1. The minimum atomic E-state index is 0.116. The van der Waals surface area contributed by atoms with E-state index in [1.54, 1.807) is 0 Å². The molecule has 1 aliphatic heterocycles. The van der Waals surface area contributed by atoms with Gasteiger partial charge in [0.1, 0.15) is 18.5 Å². The lowest BCUT2D eigenvalue weighted by atomic mass is 9.98. The normalized spacial score (nSPS) is 22.9. The molecule has 0 radical (unpaired) electrons. The lowest BCUT2D eigenvalue weighted by molar-refractivity contribution is -0.0148. The van der Waals surface area contributed by atoms with Crippen molar-refractivity contribution in [2.45, 2.75) is 32.4 Å². The Morgan fingerprint density at radius 2 is 2.18 bits per heavy atom. The number of hydrogen-bond acceptors (Lipinski definition) is 3. The summed E-state index contributed by atoms with van der Waals surface area (Å²) in [6, 6.07) is 8.44. The van der Waals surface area contributed by atoms with Crippen LogP contribution in [-0.2, 0) is 4.74 Å². The fourth-order valence-corrected chi connectivity index (χ4v) is 2.21. The second-order valence-corrected chi connectivity index (χ2v) is 4.29. The van der Waals surface area contributed by atoms with Crippen LogP contribution >= 0.6 is 0 Å². The molecule has 1 heterocycles. The Morgan fingerprint density at radius 3 is 2.94 bits per heavy atom. The van der Waals surface area contributed by atoms with Crippen LogP contribution in [0, 0.1) is 0 Å². The Balaban J connectivity index is 2.16. The monoisotopic (exact) mass is 235 g/mol. The molecule has 1 aromatic rings. The summed E-state index contributed by atoms with van der Waals surface area (Å²) in [6.07, 6.45) is 1.15. The summed E-state index contributed by atoms with van der Waals surface area (Å²) >= 11 is 0. The van der Waals surface area contributed by atoms with Gasteiger partial charge in [-0.25, -0.2) is 0 Å². The van der Waals surface area contributed by atoms with Crippen molar-refractivity contribution in [3.8, 4) is 5.75 Å². The molecule has 1 aromatic carbocycles. The summed E-state index contributed by atoms with van der Waals surface area (Å²) in [5.74, 6) is 0.981. The molecule has 2 atom stereocenters. The van der Waals surface area contributed by atoms with Gasteiger partial charge < -0.3 is 14.8 Å². The van der Waals surface area contributed by atoms with Crippen molar-refractivity contribution in [3.05, 3.63) is 29.8 Å². The van der Waals surface area contributed by atoms with E-state index in [9.17, 15) is 0 Å². The molecule has 2 unspecified atom stereocenters. The third-order valence-corrected chi connectivity index (χ3v) is 2.99. The maximum atomic E-state index is 5.87. The van der Waals surface area contributed by atoms with E-state index in [0.717, 1.165) is 25.3 Å². The highest BCUT2D eigenvalue weighted by Gasteiger charge is 2.30. The zero-order valence-corrected chi connectivity index (χ0v) is 10.6. The Kier molecular flexibility index (Phi) is 4.40. The Morgan fingerprint density at radius 1 is 1.35 bits per heavy atom. The number of likely N-dealkylation sites (N-methyl/N-ethyl adjacent to an activating group) is 1. The second kappa shape index (κ2) is 6.03. The van der Waals surface area contributed by atoms with Crippen LogP contribution in [-0.4, -0.2) is 25.9 Å². The summed E-state index contributed by atoms with van der Waals surface area (Å²) in [5.41, 5.74) is 1.21. The van der Waals surface area contributed by atoms with Crippen molar-refractivity contribution in [3.63, 3.8) is 0 Å². The molecule has 17 heavy (non-hydrogen) atoms. The summed E-state index contributed by atoms with van der Waals surface area (Å²) in [6.45, 7) is 6.60. The number of ether oxygens (including phenoxy) is 2. The summed E-state index contributed by atoms with van der Waals surface area (Å²) in [7, 11) is 0. The summed E-state index contributed by atoms with van der Waals surface area (Å²) < 4.78 is 11.6. The maximum absolute atomic E-state index is 5.87. The van der Waals surface area contributed by atoms with E-state index in [0.29, 0.717) is 6.61 Å². The average molecular weight is 235 g/mol. The van der Waals surface area contributed by atoms with Crippen LogP contribution in [0.4, 0.5) is 0 Å². The molecular formula is C14H21NO2. The molecule has 1 aliphatic rings. The van der Waals surface area contributed by atoms with E-state index in [1.165, 1.54) is 5.56 Å². The first-order valence-electron chi connectivity index (χ1n) is 6.43. The van der Waals surface area contributed by atoms with Crippen LogP contribution in [0.15, 0.2) is 24.3 Å². The van der Waals surface area contributed by atoms with Gasteiger partial charge in [-0.05, 0) is 19.0 Å². The van der Waals surface area contributed by atoms with Crippen molar-refractivity contribution < 1.29 is 9.47 Å². The van der Waals surface area contributed by atoms with Gasteiger partial charge in [-0.15, -0.1) is 0 Å². The van der Waals surface area contributed by atoms with Gasteiger partial charge in [-0.2, -0.15) is 0 Å². The lowest BCUT2D eigenvalue weighted by Gasteiger charge is -2.33. The van der Waals surface area contributed by atoms with E-state index >= 15 is 0 Å². The van der Waals surface area contributed by atoms with Gasteiger partial charge in [-0.3, -0.25) is 0 Å². The highest BCUT2D eigenvalue weighted by molar-refractivity contribution is 5.38. The molecule has 94 valence electrons. The smallest absolute Gasteiger partial charge is 0.124 e. The molecule has 0 spiro atoms. The minimum Gasteiger partial charge on any atom is -0.490 e. The van der Waals surface area contributed by atoms with E-state index < -0.39 is 0 Å². The molecule has 0 aliphatic carbocycles. The predicted molar refractivity (Wildman–Crippen MR) is 68.4 cm³/mol. The molecule has 0 aromatic heterocycles. The third-order valence-electron chi connectivity index (χ3n) is 2.99. The first kappa shape index (κ1) is 12.4. The topological polar surface area (TPSA) is 30.5 Å². The van der Waals surface area contributed by atoms with Gasteiger partial charge in [0.05, 0.1) is 6.04 Å². The Bertz CT molecular complexity index is 354. The van der Waals surface area contributed by atoms with Crippen LogP contribution < -0.4 is 10.1 Å². The van der Waals surface area contributed by atoms with Crippen molar-refractivity contribution in [2.75, 3.05) is 19.8 Å². The van der Waals surface area contributed by atoms with Crippen LogP contribution in [0.1, 0.15) is 31.9 Å². The summed E-state index contributed by atoms with van der Waals surface area (Å²) in [4.78, 5) is 0. The van der Waals surface area contributed by atoms with Crippen LogP contribution in [0.5, 0.6) is 5.75 Å². The van der Waals surface area contributed by atoms with Crippen LogP contribution in [0.25, 0.3) is 0 Å². The number of hydrogen-bond donors (Lipinski definition) is 1. The molecule has 0 fully saturated rings. The molecule has 2 rings (SSSR count). The zero-order valence-electron chi connectivity index (χ0n) is 10.6. The molecule has 1 N–H and O–H groups in total. The predicted octanol–water partition coefficient (Wildman–Crippen LogP) is 2.52. The van der Waals surface area contributed by atoms with Crippen molar-refractivity contribution in [1.29, 1.82) is 0 Å². The highest BCUT2D eigenvalue weighted by atomic mass is 16.5. The van der Waals surface area contributed by atoms with E-state index in [4.69, 9.17) is 9.47 Å². The summed E-state index contributed by atoms with van der Waals surface area (Å²) in [5, 5.41) is 3.49. The van der Waals surface area contributed by atoms with E-state index in [2.05, 4.69) is 31.3 Å². The van der Waals surface area contributed by atoms with E-state index in [-0.39, 0.29) is 12.1 Å². The van der Waals surface area contributed by atoms with E-state index in [1.807, 2.05) is 12.1 Å². The van der Waals surface area contributed by atoms with Gasteiger partial charge >= 0.3 is 0 Å². The lowest BCUT2D eigenvalue weighted by Crippen LogP contribution is -2.41. The first-order valence-corrected chi connectivity index (χ1v) is 6.43. The van der Waals surface area contributed by atoms with Crippen molar-refractivity contribution in [1.82, 2.24) is 5.32 Å². The molecule has 0 amide bonds. The highest BCUT2D eigenvalue weighted by Crippen LogP contribution is 2.33. The number of nitrogens with one attached hydrogen (secondary N) is 1. The average Bonchev–Trinajstić information content (AvgIpc) is 2.38. The van der Waals surface area contributed by atoms with Crippen molar-refractivity contribution >= 4 is 0 Å². The zero-order chi connectivity index (χ0) is 12.1. The number of fused-ring (bicyclic) bond motifs is 1. The molecule has 0 saturated carbocycles. The maximum Gasteiger partial charge on any atom is 0.124 e. The Hall–Kier alpha value is -1.06. The fraction of sp³-hybridized carbons (Fsp3) is 0.571. The minimum absolute atomic E-state index is 0.116. The number of para-hydroxylation sites is 1. The first-order chi connectivity index (χ1) is 8.36. The third kappa shape index (κ3) is 2.79. The van der Waals surface area contributed by atoms with Gasteiger partial charge in [0.15, 0.2) is 0 Å². The standard InChI is InChI=1S/C14H21NO2/c1-3-9-16-13-10-17-12-8-6-5-7-11(12)14(13)15-4-2/h5-8,13-15H,3-4,9-10H2,1-2H3. The Labute approximate surface area is 103 Å².